The molecule has 2 aromatic rings. The lowest BCUT2D eigenvalue weighted by atomic mass is 10.00. The van der Waals surface area contributed by atoms with Crippen LogP contribution in [0.25, 0.3) is 6.08 Å². The highest BCUT2D eigenvalue weighted by molar-refractivity contribution is 6.33. The topological polar surface area (TPSA) is 74.9 Å². The van der Waals surface area contributed by atoms with Crippen molar-refractivity contribution in [2.45, 2.75) is 33.1 Å². The quantitative estimate of drug-likeness (QED) is 0.411. The summed E-state index contributed by atoms with van der Waals surface area (Å²) >= 11 is 0. The van der Waals surface area contributed by atoms with Crippen LogP contribution in [0.3, 0.4) is 0 Å². The molecule has 3 rings (SSSR count). The first-order chi connectivity index (χ1) is 15.2. The largest absolute Gasteiger partial charge is 0.490 e. The monoisotopic (exact) mass is 417 g/mol. The molecule has 0 atom stereocenters. The third kappa shape index (κ3) is 5.52. The number of nitriles is 1. The molecule has 31 heavy (non-hydrogen) atoms. The van der Waals surface area contributed by atoms with Crippen molar-refractivity contribution in [2.24, 2.45) is 5.10 Å². The highest BCUT2D eigenvalue weighted by atomic mass is 16.5. The number of hydrogen-bond donors (Lipinski definition) is 0. The molecule has 0 spiro atoms. The lowest BCUT2D eigenvalue weighted by Crippen LogP contribution is -2.23. The van der Waals surface area contributed by atoms with Crippen LogP contribution in [-0.2, 0) is 4.79 Å². The van der Waals surface area contributed by atoms with E-state index in [2.05, 4.69) is 18.1 Å². The molecule has 0 aliphatic carbocycles. The second-order valence-electron chi connectivity index (χ2n) is 7.05. The molecule has 1 aliphatic rings. The lowest BCUT2D eigenvalue weighted by Gasteiger charge is -2.13. The molecule has 0 aromatic heterocycles. The maximum atomic E-state index is 13.0. The zero-order valence-electron chi connectivity index (χ0n) is 18.0. The molecule has 6 heteroatoms. The van der Waals surface area contributed by atoms with Gasteiger partial charge in [0.05, 0.1) is 37.8 Å². The molecule has 0 radical (unpaired) electrons. The molecule has 1 aliphatic heterocycles. The third-order valence-corrected chi connectivity index (χ3v) is 4.76. The molecule has 0 saturated heterocycles. The molecular formula is C25H27N3O3. The molecule has 160 valence electrons. The fraction of sp³-hybridized carbons (Fsp3) is 0.320. The Morgan fingerprint density at radius 3 is 2.61 bits per heavy atom. The van der Waals surface area contributed by atoms with Crippen molar-refractivity contribution in [1.82, 2.24) is 5.01 Å². The Bertz CT molecular complexity index is 1010. The van der Waals surface area contributed by atoms with Gasteiger partial charge in [-0.2, -0.15) is 10.4 Å². The number of benzene rings is 2. The summed E-state index contributed by atoms with van der Waals surface area (Å²) in [7, 11) is 0. The number of carbonyl (C=O) groups is 1. The molecule has 0 unspecified atom stereocenters. The molecule has 0 fully saturated rings. The van der Waals surface area contributed by atoms with Crippen LogP contribution in [0.5, 0.6) is 11.5 Å². The van der Waals surface area contributed by atoms with Crippen molar-refractivity contribution in [3.05, 3.63) is 65.2 Å². The minimum absolute atomic E-state index is 0.213. The van der Waals surface area contributed by atoms with Crippen molar-refractivity contribution >= 4 is 17.7 Å². The number of ether oxygens (including phenoxy) is 2. The van der Waals surface area contributed by atoms with E-state index in [1.54, 1.807) is 0 Å². The minimum atomic E-state index is -0.213. The first kappa shape index (κ1) is 22.1. The van der Waals surface area contributed by atoms with E-state index in [1.165, 1.54) is 5.01 Å². The van der Waals surface area contributed by atoms with E-state index in [4.69, 9.17) is 14.7 Å². The number of hydrogen-bond acceptors (Lipinski definition) is 5. The standard InChI is InChI=1S/C25H27N3O3/c1-3-5-16-31-22-13-12-19(18-23(22)30-4-2)17-21-24(20-10-7-6-8-11-20)27-28(25(21)29)15-9-14-26/h6-8,10-13,17-18H,3-5,9,15-16H2,1-2H3. The summed E-state index contributed by atoms with van der Waals surface area (Å²) in [5.41, 5.74) is 2.77. The van der Waals surface area contributed by atoms with Gasteiger partial charge in [0.2, 0.25) is 0 Å². The second-order valence-corrected chi connectivity index (χ2v) is 7.05. The van der Waals surface area contributed by atoms with Crippen LogP contribution in [-0.4, -0.2) is 36.4 Å². The van der Waals surface area contributed by atoms with E-state index in [-0.39, 0.29) is 18.9 Å². The van der Waals surface area contributed by atoms with Gasteiger partial charge in [-0.15, -0.1) is 0 Å². The first-order valence-electron chi connectivity index (χ1n) is 10.6. The van der Waals surface area contributed by atoms with Crippen molar-refractivity contribution < 1.29 is 14.3 Å². The second kappa shape index (κ2) is 11.0. The fourth-order valence-corrected chi connectivity index (χ4v) is 3.20. The molecule has 0 bridgehead atoms. The average Bonchev–Trinajstić information content (AvgIpc) is 3.10. The summed E-state index contributed by atoms with van der Waals surface area (Å²) in [5.74, 6) is 1.14. The van der Waals surface area contributed by atoms with E-state index >= 15 is 0 Å². The summed E-state index contributed by atoms with van der Waals surface area (Å²) in [6.45, 7) is 5.45. The van der Waals surface area contributed by atoms with Crippen LogP contribution in [0.15, 0.2) is 59.2 Å². The molecule has 2 aromatic carbocycles. The van der Waals surface area contributed by atoms with E-state index in [9.17, 15) is 4.79 Å². The van der Waals surface area contributed by atoms with Gasteiger partial charge in [-0.1, -0.05) is 49.7 Å². The van der Waals surface area contributed by atoms with Crippen molar-refractivity contribution in [3.63, 3.8) is 0 Å². The lowest BCUT2D eigenvalue weighted by molar-refractivity contribution is -0.125. The maximum absolute atomic E-state index is 13.0. The van der Waals surface area contributed by atoms with E-state index in [0.29, 0.717) is 36.0 Å². The van der Waals surface area contributed by atoms with Gasteiger partial charge in [0, 0.05) is 5.56 Å². The summed E-state index contributed by atoms with van der Waals surface area (Å²) in [6.07, 6.45) is 4.07. The van der Waals surface area contributed by atoms with Crippen molar-refractivity contribution in [1.29, 1.82) is 5.26 Å². The summed E-state index contributed by atoms with van der Waals surface area (Å²) in [6, 6.07) is 17.3. The van der Waals surface area contributed by atoms with Crippen LogP contribution in [0, 0.1) is 11.3 Å². The van der Waals surface area contributed by atoms with Gasteiger partial charge in [-0.25, -0.2) is 5.01 Å². The highest BCUT2D eigenvalue weighted by Gasteiger charge is 2.30. The van der Waals surface area contributed by atoms with Gasteiger partial charge in [0.1, 0.15) is 5.71 Å². The van der Waals surface area contributed by atoms with Crippen LogP contribution >= 0.6 is 0 Å². The molecule has 1 amide bonds. The van der Waals surface area contributed by atoms with Gasteiger partial charge >= 0.3 is 0 Å². The van der Waals surface area contributed by atoms with Crippen molar-refractivity contribution in [2.75, 3.05) is 19.8 Å². The zero-order valence-corrected chi connectivity index (χ0v) is 18.0. The fourth-order valence-electron chi connectivity index (χ4n) is 3.20. The number of hydrazone groups is 1. The van der Waals surface area contributed by atoms with Crippen molar-refractivity contribution in [3.8, 4) is 17.6 Å². The minimum Gasteiger partial charge on any atom is -0.490 e. The number of carbonyl (C=O) groups excluding carboxylic acids is 1. The Labute approximate surface area is 183 Å². The third-order valence-electron chi connectivity index (χ3n) is 4.76. The highest BCUT2D eigenvalue weighted by Crippen LogP contribution is 2.31. The SMILES string of the molecule is CCCCOc1ccc(C=C2C(=O)N(CCC#N)N=C2c2ccccc2)cc1OCC. The number of unbranched alkanes of at least 4 members (excludes halogenated alkanes) is 1. The molecule has 6 nitrogen and oxygen atoms in total. The maximum Gasteiger partial charge on any atom is 0.276 e. The van der Waals surface area contributed by atoms with Gasteiger partial charge in [-0.05, 0) is 37.1 Å². The van der Waals surface area contributed by atoms with Gasteiger partial charge in [0.15, 0.2) is 11.5 Å². The Morgan fingerprint density at radius 1 is 1.10 bits per heavy atom. The smallest absolute Gasteiger partial charge is 0.276 e. The predicted octanol–water partition coefficient (Wildman–Crippen LogP) is 4.81. The van der Waals surface area contributed by atoms with Crippen LogP contribution < -0.4 is 9.47 Å². The van der Waals surface area contributed by atoms with Gasteiger partial charge < -0.3 is 9.47 Å². The Kier molecular flexibility index (Phi) is 7.83. The van der Waals surface area contributed by atoms with Gasteiger partial charge in [-0.3, -0.25) is 4.79 Å². The van der Waals surface area contributed by atoms with Gasteiger partial charge in [0.25, 0.3) is 5.91 Å². The van der Waals surface area contributed by atoms with Crippen LogP contribution in [0.1, 0.15) is 44.2 Å². The number of nitrogens with zero attached hydrogens (tertiary/aromatic N) is 3. The summed E-state index contributed by atoms with van der Waals surface area (Å²) in [5, 5.41) is 14.8. The van der Waals surface area contributed by atoms with Crippen LogP contribution in [0.4, 0.5) is 0 Å². The summed E-state index contributed by atoms with van der Waals surface area (Å²) in [4.78, 5) is 13.0. The Morgan fingerprint density at radius 2 is 1.90 bits per heavy atom. The number of rotatable bonds is 10. The Hall–Kier alpha value is -3.59. The van der Waals surface area contributed by atoms with Crippen LogP contribution in [0.2, 0.25) is 0 Å². The molecule has 1 heterocycles. The summed E-state index contributed by atoms with van der Waals surface area (Å²) < 4.78 is 11.6. The number of amides is 1. The average molecular weight is 418 g/mol. The zero-order chi connectivity index (χ0) is 22.1. The predicted molar refractivity (Wildman–Crippen MR) is 121 cm³/mol. The van der Waals surface area contributed by atoms with E-state index in [1.807, 2.05) is 61.5 Å². The van der Waals surface area contributed by atoms with E-state index < -0.39 is 0 Å². The molecule has 0 saturated carbocycles. The van der Waals surface area contributed by atoms with E-state index in [0.717, 1.165) is 24.0 Å². The molecule has 0 N–H and O–H groups in total. The normalized spacial score (nSPS) is 14.5. The Balaban J connectivity index is 1.95. The first-order valence-corrected chi connectivity index (χ1v) is 10.6. The molecular weight excluding hydrogens is 390 g/mol.